The minimum atomic E-state index is -1.65. The first-order valence-electron chi connectivity index (χ1n) is 12.2. The van der Waals surface area contributed by atoms with Gasteiger partial charge in [-0.05, 0) is 56.9 Å². The Morgan fingerprint density at radius 3 is 2.76 bits per heavy atom. The minimum absolute atomic E-state index is 0.0322. The van der Waals surface area contributed by atoms with Crippen molar-refractivity contribution >= 4 is 23.2 Å². The minimum Gasteiger partial charge on any atom is -0.453 e. The van der Waals surface area contributed by atoms with Crippen LogP contribution in [0.2, 0.25) is 0 Å². The molecule has 38 heavy (non-hydrogen) atoms. The van der Waals surface area contributed by atoms with Crippen molar-refractivity contribution in [3.05, 3.63) is 47.8 Å². The molecule has 12 heteroatoms. The Morgan fingerprint density at radius 1 is 1.32 bits per heavy atom. The molecule has 1 atom stereocenters. The molecule has 2 amide bonds. The number of carbonyl (C=O) groups excluding carboxylic acids is 2. The maximum Gasteiger partial charge on any atom is 0.407 e. The lowest BCUT2D eigenvalue weighted by Gasteiger charge is -2.35. The van der Waals surface area contributed by atoms with Gasteiger partial charge >= 0.3 is 6.09 Å². The zero-order valence-corrected chi connectivity index (χ0v) is 21.4. The number of ether oxygens (including phenoxy) is 1. The van der Waals surface area contributed by atoms with Crippen LogP contribution < -0.4 is 16.0 Å². The van der Waals surface area contributed by atoms with Gasteiger partial charge in [0.05, 0.1) is 59.2 Å². The van der Waals surface area contributed by atoms with E-state index in [2.05, 4.69) is 36.8 Å². The van der Waals surface area contributed by atoms with E-state index in [-0.39, 0.29) is 24.1 Å². The zero-order valence-electron chi connectivity index (χ0n) is 21.4. The monoisotopic (exact) mass is 523 g/mol. The third-order valence-electron chi connectivity index (χ3n) is 6.57. The summed E-state index contributed by atoms with van der Waals surface area (Å²) < 4.78 is 20.5. The van der Waals surface area contributed by atoms with Crippen molar-refractivity contribution in [1.82, 2.24) is 25.2 Å². The summed E-state index contributed by atoms with van der Waals surface area (Å²) in [5.41, 5.74) is 1.49. The quantitative estimate of drug-likeness (QED) is 0.334. The second kappa shape index (κ2) is 11.0. The van der Waals surface area contributed by atoms with Gasteiger partial charge in [0.1, 0.15) is 12.2 Å². The van der Waals surface area contributed by atoms with Crippen LogP contribution in [0.4, 0.5) is 14.9 Å². The highest BCUT2D eigenvalue weighted by molar-refractivity contribution is 6.00. The molecule has 3 heterocycles. The van der Waals surface area contributed by atoms with E-state index in [1.165, 1.54) is 33.4 Å². The molecule has 3 aromatic heterocycles. The number of rotatable bonds is 9. The number of nitriles is 1. The van der Waals surface area contributed by atoms with Crippen LogP contribution in [-0.4, -0.2) is 69.7 Å². The van der Waals surface area contributed by atoms with Crippen molar-refractivity contribution in [3.8, 4) is 17.5 Å². The Labute approximate surface area is 219 Å². The number of carbonyl (C=O) groups is 2. The number of aliphatic hydroxyl groups is 1. The summed E-state index contributed by atoms with van der Waals surface area (Å²) in [6.45, 7) is 2.85. The van der Waals surface area contributed by atoms with Gasteiger partial charge in [-0.15, -0.1) is 0 Å². The van der Waals surface area contributed by atoms with Crippen LogP contribution in [0.15, 0.2) is 36.7 Å². The van der Waals surface area contributed by atoms with Crippen molar-refractivity contribution < 1.29 is 23.8 Å². The van der Waals surface area contributed by atoms with Crippen molar-refractivity contribution in [2.24, 2.45) is 5.92 Å². The van der Waals surface area contributed by atoms with E-state index in [1.807, 2.05) is 12.1 Å². The number of methoxy groups -OCH3 is 1. The molecule has 3 aromatic rings. The van der Waals surface area contributed by atoms with Crippen LogP contribution >= 0.6 is 0 Å². The van der Waals surface area contributed by atoms with Gasteiger partial charge in [-0.25, -0.2) is 13.7 Å². The van der Waals surface area contributed by atoms with Gasteiger partial charge < -0.3 is 25.8 Å². The third-order valence-corrected chi connectivity index (χ3v) is 6.57. The highest BCUT2D eigenvalue weighted by Crippen LogP contribution is 2.30. The Balaban J connectivity index is 1.55. The maximum absolute atomic E-state index is 14.2. The molecule has 4 rings (SSSR count). The number of amides is 2. The van der Waals surface area contributed by atoms with Crippen LogP contribution in [0.5, 0.6) is 0 Å². The fraction of sp³-hybridized carbons (Fsp3) is 0.423. The van der Waals surface area contributed by atoms with Gasteiger partial charge in [-0.3, -0.25) is 9.78 Å². The number of nitrogens with one attached hydrogen (secondary N) is 3. The Hall–Kier alpha value is -4.24. The predicted octanol–water partition coefficient (Wildman–Crippen LogP) is 2.65. The van der Waals surface area contributed by atoms with Crippen LogP contribution in [0.1, 0.15) is 42.6 Å². The molecule has 0 aliphatic heterocycles. The van der Waals surface area contributed by atoms with Crippen molar-refractivity contribution in [2.45, 2.75) is 44.5 Å². The number of alkyl halides is 1. The van der Waals surface area contributed by atoms with E-state index in [0.717, 1.165) is 18.4 Å². The number of alkyl carbamates (subject to hydrolysis) is 1. The van der Waals surface area contributed by atoms with E-state index in [0.29, 0.717) is 29.2 Å². The lowest BCUT2D eigenvalue weighted by Crippen LogP contribution is -2.46. The number of aromatic nitrogens is 3. The highest BCUT2D eigenvalue weighted by Gasteiger charge is 2.31. The molecule has 11 nitrogen and oxygen atoms in total. The summed E-state index contributed by atoms with van der Waals surface area (Å²) in [5, 5.41) is 31.9. The Kier molecular flexibility index (Phi) is 7.78. The summed E-state index contributed by atoms with van der Waals surface area (Å²) in [4.78, 5) is 28.8. The first-order valence-corrected chi connectivity index (χ1v) is 12.2. The fourth-order valence-corrected chi connectivity index (χ4v) is 4.20. The molecule has 0 unspecified atom stereocenters. The Bertz CT molecular complexity index is 1370. The smallest absolute Gasteiger partial charge is 0.407 e. The number of pyridine rings is 1. The van der Waals surface area contributed by atoms with E-state index >= 15 is 0 Å². The summed E-state index contributed by atoms with van der Waals surface area (Å²) in [6, 6.07) is 9.17. The van der Waals surface area contributed by atoms with E-state index in [9.17, 15) is 19.1 Å². The summed E-state index contributed by atoms with van der Waals surface area (Å²) >= 11 is 0. The standard InChI is InChI=1S/C26H30FN7O4/c1-26(2,37)23(27)14-31-24(35)19-13-30-21(22-5-4-18-8-16(10-28)12-32-34(18)22)9-20(19)29-11-15-6-17(7-15)33-25(36)38-3/h4-5,8-9,12-13,15,17,23,37H,6-7,11,14H2,1-3H3,(H,29,30)(H,31,35)(H,33,36)/t15?,17?,23-/m1/s1. The first kappa shape index (κ1) is 26.8. The molecule has 200 valence electrons. The second-order valence-electron chi connectivity index (χ2n) is 9.91. The maximum atomic E-state index is 14.2. The molecule has 1 aliphatic rings. The lowest BCUT2D eigenvalue weighted by atomic mass is 9.80. The average molecular weight is 524 g/mol. The second-order valence-corrected chi connectivity index (χ2v) is 9.91. The van der Waals surface area contributed by atoms with Crippen LogP contribution in [0.3, 0.4) is 0 Å². The average Bonchev–Trinajstić information content (AvgIpc) is 3.30. The number of hydrogen-bond donors (Lipinski definition) is 4. The number of halogens is 1. The number of anilines is 1. The van der Waals surface area contributed by atoms with Crippen molar-refractivity contribution in [3.63, 3.8) is 0 Å². The predicted molar refractivity (Wildman–Crippen MR) is 137 cm³/mol. The zero-order chi connectivity index (χ0) is 27.4. The Morgan fingerprint density at radius 2 is 2.08 bits per heavy atom. The molecule has 0 bridgehead atoms. The largest absolute Gasteiger partial charge is 0.453 e. The number of nitrogens with zero attached hydrogens (tertiary/aromatic N) is 4. The summed E-state index contributed by atoms with van der Waals surface area (Å²) in [6.07, 6.45) is 2.27. The van der Waals surface area contributed by atoms with Crippen LogP contribution in [0.25, 0.3) is 16.9 Å². The normalized spacial score (nSPS) is 17.7. The molecule has 1 aliphatic carbocycles. The van der Waals surface area contributed by atoms with E-state index < -0.39 is 23.8 Å². The number of hydrogen-bond acceptors (Lipinski definition) is 8. The molecular weight excluding hydrogens is 493 g/mol. The van der Waals surface area contributed by atoms with Crippen molar-refractivity contribution in [2.75, 3.05) is 25.5 Å². The van der Waals surface area contributed by atoms with E-state index in [4.69, 9.17) is 5.26 Å². The van der Waals surface area contributed by atoms with Crippen LogP contribution in [0, 0.1) is 17.2 Å². The first-order chi connectivity index (χ1) is 18.1. The summed E-state index contributed by atoms with van der Waals surface area (Å²) in [5.74, 6) is -0.274. The van der Waals surface area contributed by atoms with Gasteiger partial charge in [-0.1, -0.05) is 0 Å². The summed E-state index contributed by atoms with van der Waals surface area (Å²) in [7, 11) is 1.32. The van der Waals surface area contributed by atoms with Gasteiger partial charge in [0.25, 0.3) is 5.91 Å². The topological polar surface area (TPSA) is 154 Å². The van der Waals surface area contributed by atoms with Gasteiger partial charge in [-0.2, -0.15) is 10.4 Å². The van der Waals surface area contributed by atoms with Gasteiger partial charge in [0.2, 0.25) is 0 Å². The third kappa shape index (κ3) is 6.00. The molecule has 0 spiro atoms. The van der Waals surface area contributed by atoms with Crippen LogP contribution in [-0.2, 0) is 4.74 Å². The highest BCUT2D eigenvalue weighted by atomic mass is 19.1. The molecule has 1 saturated carbocycles. The van der Waals surface area contributed by atoms with E-state index in [1.54, 1.807) is 16.6 Å². The SMILES string of the molecule is COC(=O)NC1CC(CNc2cc(-c3ccc4cc(C#N)cnn34)ncc2C(=O)NC[C@@H](F)C(C)(C)O)C1. The van der Waals surface area contributed by atoms with Crippen molar-refractivity contribution in [1.29, 1.82) is 5.26 Å². The molecular formula is C26H30FN7O4. The van der Waals surface area contributed by atoms with Gasteiger partial charge in [0.15, 0.2) is 0 Å². The fourth-order valence-electron chi connectivity index (χ4n) is 4.20. The lowest BCUT2D eigenvalue weighted by molar-refractivity contribution is -0.00178. The molecule has 1 fully saturated rings. The molecule has 4 N–H and O–H groups in total. The molecule has 0 saturated heterocycles. The number of fused-ring (bicyclic) bond motifs is 1. The van der Waals surface area contributed by atoms with Gasteiger partial charge in [0, 0.05) is 18.8 Å². The molecule has 0 aromatic carbocycles. The molecule has 0 radical (unpaired) electrons.